The second-order valence-electron chi connectivity index (χ2n) is 2.20. The third-order valence-corrected chi connectivity index (χ3v) is 1.41. The van der Waals surface area contributed by atoms with Crippen LogP contribution in [0.25, 0.3) is 0 Å². The van der Waals surface area contributed by atoms with Gasteiger partial charge in [0.1, 0.15) is 5.82 Å². The lowest BCUT2D eigenvalue weighted by Crippen LogP contribution is -2.45. The molecule has 0 fully saturated rings. The summed E-state index contributed by atoms with van der Waals surface area (Å²) in [5, 5.41) is 2.87. The van der Waals surface area contributed by atoms with Crippen molar-refractivity contribution in [2.24, 2.45) is 16.6 Å². The molecule has 0 bridgehead atoms. The molecule has 2 aliphatic rings. The average Bonchev–Trinajstić information content (AvgIpc) is 2.31. The molecule has 5 N–H and O–H groups in total. The number of nitrogens with one attached hydrogen (secondary N) is 1. The Morgan fingerprint density at radius 2 is 2.36 bits per heavy atom. The molecule has 0 spiro atoms. The van der Waals surface area contributed by atoms with Crippen LogP contribution in [0.5, 0.6) is 0 Å². The number of nitrogens with two attached hydrogens (primary N) is 2. The van der Waals surface area contributed by atoms with Crippen molar-refractivity contribution in [3.63, 3.8) is 0 Å². The van der Waals surface area contributed by atoms with Crippen LogP contribution in [0, 0.1) is 0 Å². The largest absolute Gasteiger partial charge is 0.384 e. The van der Waals surface area contributed by atoms with E-state index in [0.29, 0.717) is 11.6 Å². The van der Waals surface area contributed by atoms with Crippen molar-refractivity contribution in [2.45, 2.75) is 0 Å². The zero-order valence-electron chi connectivity index (χ0n) is 5.73. The van der Waals surface area contributed by atoms with Crippen LogP contribution < -0.4 is 17.1 Å². The molecule has 6 heteroatoms. The zero-order chi connectivity index (χ0) is 7.84. The van der Waals surface area contributed by atoms with Gasteiger partial charge >= 0.3 is 0 Å². The van der Waals surface area contributed by atoms with E-state index in [9.17, 15) is 0 Å². The fourth-order valence-corrected chi connectivity index (χ4v) is 0.923. The molecule has 2 heterocycles. The summed E-state index contributed by atoms with van der Waals surface area (Å²) >= 11 is 0. The fraction of sp³-hybridized carbons (Fsp3) is 0. The Bertz CT molecular complexity index is 264. The topological polar surface area (TPSA) is 82.9 Å². The second-order valence-corrected chi connectivity index (χ2v) is 2.20. The predicted molar refractivity (Wildman–Crippen MR) is 39.8 cm³/mol. The Balaban J connectivity index is 2.33. The lowest BCUT2D eigenvalue weighted by atomic mass is 10.5. The molecular formula is C5H8N6. The molecule has 2 rings (SSSR count). The van der Waals surface area contributed by atoms with Crippen LogP contribution in [0.1, 0.15) is 0 Å². The summed E-state index contributed by atoms with van der Waals surface area (Å²) in [5.74, 6) is 6.66. The summed E-state index contributed by atoms with van der Waals surface area (Å²) in [6, 6.07) is 0. The normalized spacial score (nSPS) is 21.5. The third kappa shape index (κ3) is 0.846. The number of rotatable bonds is 0. The Morgan fingerprint density at radius 1 is 1.55 bits per heavy atom. The van der Waals surface area contributed by atoms with Gasteiger partial charge in [0.25, 0.3) is 0 Å². The fourth-order valence-electron chi connectivity index (χ4n) is 0.923. The van der Waals surface area contributed by atoms with Crippen molar-refractivity contribution in [3.8, 4) is 0 Å². The molecule has 0 radical (unpaired) electrons. The highest BCUT2D eigenvalue weighted by Gasteiger charge is 2.21. The summed E-state index contributed by atoms with van der Waals surface area (Å²) < 4.78 is 0. The van der Waals surface area contributed by atoms with E-state index in [1.165, 1.54) is 5.12 Å². The Morgan fingerprint density at radius 3 is 3.09 bits per heavy atom. The molecule has 11 heavy (non-hydrogen) atoms. The summed E-state index contributed by atoms with van der Waals surface area (Å²) in [5.41, 5.74) is 8.34. The van der Waals surface area contributed by atoms with Crippen LogP contribution in [0.15, 0.2) is 28.9 Å². The van der Waals surface area contributed by atoms with Gasteiger partial charge in [-0.05, 0) is 6.08 Å². The number of aliphatic imine (C=N–C) groups is 1. The monoisotopic (exact) mass is 152 g/mol. The van der Waals surface area contributed by atoms with E-state index in [-0.39, 0.29) is 0 Å². The predicted octanol–water partition coefficient (Wildman–Crippen LogP) is -1.42. The third-order valence-electron chi connectivity index (χ3n) is 1.41. The van der Waals surface area contributed by atoms with Gasteiger partial charge in [-0.25, -0.2) is 21.0 Å². The van der Waals surface area contributed by atoms with Crippen molar-refractivity contribution in [1.29, 1.82) is 0 Å². The second kappa shape index (κ2) is 1.97. The van der Waals surface area contributed by atoms with Crippen LogP contribution in [0.3, 0.4) is 0 Å². The Kier molecular flexibility index (Phi) is 1.11. The zero-order valence-corrected chi connectivity index (χ0v) is 5.73. The first-order chi connectivity index (χ1) is 5.27. The van der Waals surface area contributed by atoms with Gasteiger partial charge in [-0.1, -0.05) is 0 Å². The number of fused-ring (bicyclic) bond motifs is 1. The first-order valence-corrected chi connectivity index (χ1v) is 3.09. The van der Waals surface area contributed by atoms with E-state index in [1.54, 1.807) is 23.5 Å². The summed E-state index contributed by atoms with van der Waals surface area (Å²) in [6.07, 6.45) is 4.94. The molecule has 6 nitrogen and oxygen atoms in total. The maximum Gasteiger partial charge on any atom is 0.169 e. The highest BCUT2D eigenvalue weighted by Crippen LogP contribution is 2.15. The summed E-state index contributed by atoms with van der Waals surface area (Å²) in [4.78, 5) is 4.01. The first kappa shape index (κ1) is 6.20. The molecule has 0 atom stereocenters. The highest BCUT2D eigenvalue weighted by molar-refractivity contribution is 5.74. The number of allylic oxidation sites excluding steroid dienone is 1. The molecule has 0 saturated heterocycles. The quantitative estimate of drug-likeness (QED) is 0.371. The minimum Gasteiger partial charge on any atom is -0.384 e. The highest BCUT2D eigenvalue weighted by atomic mass is 15.9. The van der Waals surface area contributed by atoms with Gasteiger partial charge in [0.2, 0.25) is 0 Å². The Hall–Kier alpha value is -1.53. The van der Waals surface area contributed by atoms with E-state index < -0.39 is 0 Å². The number of hydrazine groups is 3. The van der Waals surface area contributed by atoms with Gasteiger partial charge in [-0.15, -0.1) is 5.53 Å². The molecular weight excluding hydrogens is 144 g/mol. The standard InChI is InChI=1S/C5H8N6/c6-4-1-2-8-5-3-10(7)9-11(4)5/h1-3,9H,6-7H2. The van der Waals surface area contributed by atoms with Crippen molar-refractivity contribution in [3.05, 3.63) is 23.9 Å². The van der Waals surface area contributed by atoms with Crippen molar-refractivity contribution in [1.82, 2.24) is 15.7 Å². The SMILES string of the molecule is NC1=CC=NC2=CN(N)NN12. The van der Waals surface area contributed by atoms with Crippen LogP contribution >= 0.6 is 0 Å². The van der Waals surface area contributed by atoms with Crippen LogP contribution in [-0.4, -0.2) is 16.3 Å². The minimum atomic E-state index is 0.569. The minimum absolute atomic E-state index is 0.569. The van der Waals surface area contributed by atoms with E-state index in [4.69, 9.17) is 11.6 Å². The van der Waals surface area contributed by atoms with Gasteiger partial charge in [0, 0.05) is 6.21 Å². The van der Waals surface area contributed by atoms with E-state index in [2.05, 4.69) is 10.5 Å². The molecule has 0 aromatic rings. The van der Waals surface area contributed by atoms with Gasteiger partial charge in [0.15, 0.2) is 5.82 Å². The molecule has 0 aromatic heterocycles. The van der Waals surface area contributed by atoms with Crippen molar-refractivity contribution < 1.29 is 0 Å². The summed E-state index contributed by atoms with van der Waals surface area (Å²) in [7, 11) is 0. The molecule has 0 unspecified atom stereocenters. The lowest BCUT2D eigenvalue weighted by molar-refractivity contribution is 0.160. The van der Waals surface area contributed by atoms with Crippen LogP contribution in [0.2, 0.25) is 0 Å². The van der Waals surface area contributed by atoms with Crippen LogP contribution in [-0.2, 0) is 0 Å². The van der Waals surface area contributed by atoms with Gasteiger partial charge in [0.05, 0.1) is 6.20 Å². The van der Waals surface area contributed by atoms with Crippen LogP contribution in [0.4, 0.5) is 0 Å². The van der Waals surface area contributed by atoms with E-state index >= 15 is 0 Å². The molecule has 0 aliphatic carbocycles. The Labute approximate surface area is 63.4 Å². The first-order valence-electron chi connectivity index (χ1n) is 3.09. The van der Waals surface area contributed by atoms with Gasteiger partial charge in [-0.3, -0.25) is 0 Å². The maximum absolute atomic E-state index is 5.59. The molecule has 0 aromatic carbocycles. The van der Waals surface area contributed by atoms with Gasteiger partial charge < -0.3 is 5.73 Å². The molecule has 0 amide bonds. The molecule has 58 valence electrons. The number of nitrogens with zero attached hydrogens (tertiary/aromatic N) is 3. The smallest absolute Gasteiger partial charge is 0.169 e. The van der Waals surface area contributed by atoms with E-state index in [1.807, 2.05) is 0 Å². The average molecular weight is 152 g/mol. The molecule has 2 aliphatic heterocycles. The number of hydrogen-bond donors (Lipinski definition) is 3. The maximum atomic E-state index is 5.59. The molecule has 0 saturated carbocycles. The lowest BCUT2D eigenvalue weighted by Gasteiger charge is -2.21. The van der Waals surface area contributed by atoms with E-state index in [0.717, 1.165) is 0 Å². The van der Waals surface area contributed by atoms with Gasteiger partial charge in [-0.2, -0.15) is 0 Å². The van der Waals surface area contributed by atoms with Crippen molar-refractivity contribution in [2.75, 3.05) is 0 Å². The van der Waals surface area contributed by atoms with Crippen molar-refractivity contribution >= 4 is 6.21 Å². The number of hydrogen-bond acceptors (Lipinski definition) is 6. The summed E-state index contributed by atoms with van der Waals surface area (Å²) in [6.45, 7) is 0.